The predicted molar refractivity (Wildman–Crippen MR) is 71.6 cm³/mol. The van der Waals surface area contributed by atoms with E-state index in [9.17, 15) is 0 Å². The monoisotopic (exact) mass is 261 g/mol. The molecule has 0 spiro atoms. The van der Waals surface area contributed by atoms with E-state index in [2.05, 4.69) is 29.2 Å². The van der Waals surface area contributed by atoms with Crippen molar-refractivity contribution < 1.29 is 14.2 Å². The van der Waals surface area contributed by atoms with E-state index in [4.69, 9.17) is 14.2 Å². The Kier molecular flexibility index (Phi) is 2.94. The van der Waals surface area contributed by atoms with Gasteiger partial charge in [-0.1, -0.05) is 18.2 Å². The molecule has 4 nitrogen and oxygen atoms in total. The SMILES string of the molecule is c1ccc(N(CC2CO2)CC2CO2)c(CC2CO2)c1. The van der Waals surface area contributed by atoms with Crippen LogP contribution in [0.2, 0.25) is 0 Å². The van der Waals surface area contributed by atoms with Gasteiger partial charge in [-0.2, -0.15) is 0 Å². The lowest BCUT2D eigenvalue weighted by Gasteiger charge is -2.26. The molecule has 4 rings (SSSR count). The van der Waals surface area contributed by atoms with Gasteiger partial charge in [-0.15, -0.1) is 0 Å². The Morgan fingerprint density at radius 2 is 1.47 bits per heavy atom. The van der Waals surface area contributed by atoms with Crippen LogP contribution < -0.4 is 4.90 Å². The third-order valence-electron chi connectivity index (χ3n) is 3.84. The Bertz CT molecular complexity index is 438. The molecule has 0 saturated carbocycles. The summed E-state index contributed by atoms with van der Waals surface area (Å²) in [5, 5.41) is 0. The first-order valence-corrected chi connectivity index (χ1v) is 7.06. The van der Waals surface area contributed by atoms with Crippen molar-refractivity contribution in [3.63, 3.8) is 0 Å². The number of nitrogens with zero attached hydrogens (tertiary/aromatic N) is 1. The molecule has 102 valence electrons. The second-order valence-corrected chi connectivity index (χ2v) is 5.60. The van der Waals surface area contributed by atoms with E-state index in [-0.39, 0.29) is 0 Å². The topological polar surface area (TPSA) is 40.8 Å². The van der Waals surface area contributed by atoms with Crippen molar-refractivity contribution in [2.45, 2.75) is 24.7 Å². The van der Waals surface area contributed by atoms with Crippen molar-refractivity contribution in [3.05, 3.63) is 29.8 Å². The minimum Gasteiger partial charge on any atom is -0.373 e. The van der Waals surface area contributed by atoms with E-state index in [1.165, 1.54) is 11.3 Å². The Morgan fingerprint density at radius 1 is 0.895 bits per heavy atom. The number of rotatable bonds is 7. The normalized spacial score (nSPS) is 31.1. The van der Waals surface area contributed by atoms with Crippen LogP contribution in [0.15, 0.2) is 24.3 Å². The number of para-hydroxylation sites is 1. The summed E-state index contributed by atoms with van der Waals surface area (Å²) >= 11 is 0. The van der Waals surface area contributed by atoms with Crippen LogP contribution in [-0.2, 0) is 20.6 Å². The van der Waals surface area contributed by atoms with Crippen molar-refractivity contribution >= 4 is 5.69 Å². The fourth-order valence-electron chi connectivity index (χ4n) is 2.53. The second kappa shape index (κ2) is 4.78. The summed E-state index contributed by atoms with van der Waals surface area (Å²) in [5.74, 6) is 0. The van der Waals surface area contributed by atoms with E-state index in [1.54, 1.807) is 0 Å². The second-order valence-electron chi connectivity index (χ2n) is 5.60. The summed E-state index contributed by atoms with van der Waals surface area (Å²) in [5.41, 5.74) is 2.70. The highest BCUT2D eigenvalue weighted by Crippen LogP contribution is 2.28. The molecule has 4 heteroatoms. The maximum atomic E-state index is 5.39. The van der Waals surface area contributed by atoms with Gasteiger partial charge < -0.3 is 19.1 Å². The first-order valence-electron chi connectivity index (χ1n) is 7.06. The Hall–Kier alpha value is -1.10. The van der Waals surface area contributed by atoms with E-state index in [0.717, 1.165) is 39.3 Å². The number of epoxide rings is 3. The standard InChI is InChI=1S/C15H19NO3/c1-2-4-15(11(3-1)5-12-8-17-12)16(6-13-9-18-13)7-14-10-19-14/h1-4,12-14H,5-10H2. The zero-order valence-electron chi connectivity index (χ0n) is 11.0. The zero-order chi connectivity index (χ0) is 12.7. The molecule has 1 aromatic rings. The van der Waals surface area contributed by atoms with Gasteiger partial charge in [0.15, 0.2) is 0 Å². The predicted octanol–water partition coefficient (Wildman–Crippen LogP) is 1.23. The maximum Gasteiger partial charge on any atom is 0.0984 e. The molecule has 3 saturated heterocycles. The van der Waals surface area contributed by atoms with Crippen molar-refractivity contribution in [3.8, 4) is 0 Å². The molecule has 3 atom stereocenters. The zero-order valence-corrected chi connectivity index (χ0v) is 11.0. The molecular formula is C15H19NO3. The summed E-state index contributed by atoms with van der Waals surface area (Å²) in [4.78, 5) is 2.42. The van der Waals surface area contributed by atoms with Crippen LogP contribution in [-0.4, -0.2) is 51.2 Å². The third-order valence-corrected chi connectivity index (χ3v) is 3.84. The van der Waals surface area contributed by atoms with Crippen LogP contribution in [0, 0.1) is 0 Å². The largest absolute Gasteiger partial charge is 0.373 e. The molecule has 3 unspecified atom stereocenters. The molecule has 0 radical (unpaired) electrons. The van der Waals surface area contributed by atoms with E-state index in [1.807, 2.05) is 0 Å². The highest BCUT2D eigenvalue weighted by Gasteiger charge is 2.32. The minimum absolute atomic E-state index is 0.406. The molecule has 19 heavy (non-hydrogen) atoms. The average Bonchev–Trinajstić information content (AvgIpc) is 3.23. The number of benzene rings is 1. The highest BCUT2D eigenvalue weighted by atomic mass is 16.6. The number of hydrogen-bond donors (Lipinski definition) is 0. The van der Waals surface area contributed by atoms with Crippen molar-refractivity contribution in [1.82, 2.24) is 0 Å². The first-order chi connectivity index (χ1) is 9.38. The fraction of sp³-hybridized carbons (Fsp3) is 0.600. The smallest absolute Gasteiger partial charge is 0.0984 e. The number of anilines is 1. The van der Waals surface area contributed by atoms with Crippen molar-refractivity contribution in [2.75, 3.05) is 37.8 Å². The lowest BCUT2D eigenvalue weighted by atomic mass is 10.1. The lowest BCUT2D eigenvalue weighted by molar-refractivity contribution is 0.388. The molecular weight excluding hydrogens is 242 g/mol. The minimum atomic E-state index is 0.406. The third kappa shape index (κ3) is 3.08. The van der Waals surface area contributed by atoms with Crippen LogP contribution in [0.25, 0.3) is 0 Å². The van der Waals surface area contributed by atoms with Gasteiger partial charge in [0.2, 0.25) is 0 Å². The van der Waals surface area contributed by atoms with Gasteiger partial charge in [-0.3, -0.25) is 0 Å². The fourth-order valence-corrected chi connectivity index (χ4v) is 2.53. The maximum absolute atomic E-state index is 5.39. The van der Waals surface area contributed by atoms with Crippen molar-refractivity contribution in [2.24, 2.45) is 0 Å². The van der Waals surface area contributed by atoms with Gasteiger partial charge in [-0.05, 0) is 11.6 Å². The highest BCUT2D eigenvalue weighted by molar-refractivity contribution is 5.54. The van der Waals surface area contributed by atoms with Gasteiger partial charge in [0.1, 0.15) is 0 Å². The van der Waals surface area contributed by atoms with E-state index >= 15 is 0 Å². The van der Waals surface area contributed by atoms with Crippen LogP contribution in [0.5, 0.6) is 0 Å². The molecule has 3 heterocycles. The summed E-state index contributed by atoms with van der Waals surface area (Å²) in [7, 11) is 0. The van der Waals surface area contributed by atoms with Crippen LogP contribution in [0.1, 0.15) is 5.56 Å². The molecule has 0 aromatic heterocycles. The van der Waals surface area contributed by atoms with E-state index in [0.29, 0.717) is 18.3 Å². The first kappa shape index (κ1) is 11.7. The summed E-state index contributed by atoms with van der Waals surface area (Å²) in [6, 6.07) is 8.65. The molecule has 3 fully saturated rings. The molecule has 0 aliphatic carbocycles. The molecule has 0 bridgehead atoms. The Morgan fingerprint density at radius 3 is 2.05 bits per heavy atom. The van der Waals surface area contributed by atoms with E-state index < -0.39 is 0 Å². The quantitative estimate of drug-likeness (QED) is 0.692. The van der Waals surface area contributed by atoms with Crippen molar-refractivity contribution in [1.29, 1.82) is 0 Å². The molecule has 1 aromatic carbocycles. The van der Waals surface area contributed by atoms with Gasteiger partial charge in [-0.25, -0.2) is 0 Å². The average molecular weight is 261 g/mol. The summed E-state index contributed by atoms with van der Waals surface area (Å²) < 4.78 is 16.1. The Balaban J connectivity index is 1.54. The van der Waals surface area contributed by atoms with Crippen LogP contribution in [0.4, 0.5) is 5.69 Å². The summed E-state index contributed by atoms with van der Waals surface area (Å²) in [6.45, 7) is 4.66. The van der Waals surface area contributed by atoms with Gasteiger partial charge in [0.25, 0.3) is 0 Å². The van der Waals surface area contributed by atoms with Gasteiger partial charge in [0.05, 0.1) is 38.1 Å². The summed E-state index contributed by atoms with van der Waals surface area (Å²) in [6.07, 6.45) is 2.26. The Labute approximate surface area is 113 Å². The van der Waals surface area contributed by atoms with Crippen LogP contribution >= 0.6 is 0 Å². The molecule has 0 amide bonds. The lowest BCUT2D eigenvalue weighted by Crippen LogP contribution is -2.32. The van der Waals surface area contributed by atoms with Crippen LogP contribution in [0.3, 0.4) is 0 Å². The van der Waals surface area contributed by atoms with Gasteiger partial charge >= 0.3 is 0 Å². The molecule has 3 aliphatic rings. The number of hydrogen-bond acceptors (Lipinski definition) is 4. The van der Waals surface area contributed by atoms with Gasteiger partial charge in [0, 0.05) is 25.2 Å². The molecule has 3 aliphatic heterocycles. The number of ether oxygens (including phenoxy) is 3. The molecule has 0 N–H and O–H groups in total.